The molecule has 0 radical (unpaired) electrons. The van der Waals surface area contributed by atoms with Crippen LogP contribution in [0.15, 0.2) is 54.6 Å². The standard InChI is InChI=1S/C24H27N3O5/c1-24(14-13-17-6-3-2-4-7-17)22(29)27(23(30)25-24)26-21(28)18-9-11-19(12-10-18)32-16-20-8-5-15-31-20/h2-4,6-7,9-12,20H,5,8,13-16H2,1H3,(H,25,30)(H,26,28)/t20-,24+/m1/s1. The predicted octanol–water partition coefficient (Wildman–Crippen LogP) is 2.83. The maximum Gasteiger partial charge on any atom is 0.344 e. The normalized spacial score (nSPS) is 22.7. The molecule has 2 aromatic carbocycles. The maximum absolute atomic E-state index is 12.9. The molecule has 2 aromatic rings. The number of hydrogen-bond acceptors (Lipinski definition) is 5. The Morgan fingerprint density at radius 3 is 2.62 bits per heavy atom. The first-order valence-electron chi connectivity index (χ1n) is 10.8. The monoisotopic (exact) mass is 437 g/mol. The number of imide groups is 1. The lowest BCUT2D eigenvalue weighted by molar-refractivity contribution is -0.132. The third kappa shape index (κ3) is 4.91. The highest BCUT2D eigenvalue weighted by atomic mass is 16.5. The Morgan fingerprint density at radius 1 is 1.19 bits per heavy atom. The average molecular weight is 437 g/mol. The van der Waals surface area contributed by atoms with Crippen molar-refractivity contribution in [3.8, 4) is 5.75 Å². The Balaban J connectivity index is 1.33. The van der Waals surface area contributed by atoms with Gasteiger partial charge in [0.2, 0.25) is 0 Å². The van der Waals surface area contributed by atoms with E-state index in [0.717, 1.165) is 30.0 Å². The average Bonchev–Trinajstić information content (AvgIpc) is 3.40. The number of carbonyl (C=O) groups excluding carboxylic acids is 3. The molecule has 2 aliphatic rings. The summed E-state index contributed by atoms with van der Waals surface area (Å²) in [6.45, 7) is 2.90. The lowest BCUT2D eigenvalue weighted by Gasteiger charge is -2.21. The van der Waals surface area contributed by atoms with Gasteiger partial charge in [0.15, 0.2) is 0 Å². The fourth-order valence-corrected chi connectivity index (χ4v) is 3.83. The topological polar surface area (TPSA) is 97.0 Å². The zero-order chi connectivity index (χ0) is 22.6. The second-order valence-corrected chi connectivity index (χ2v) is 8.30. The van der Waals surface area contributed by atoms with Crippen LogP contribution in [0, 0.1) is 0 Å². The Hall–Kier alpha value is -3.39. The van der Waals surface area contributed by atoms with Gasteiger partial charge in [-0.25, -0.2) is 4.79 Å². The Labute approximate surface area is 186 Å². The largest absolute Gasteiger partial charge is 0.491 e. The Morgan fingerprint density at radius 2 is 1.94 bits per heavy atom. The molecule has 8 heteroatoms. The van der Waals surface area contributed by atoms with E-state index < -0.39 is 23.4 Å². The van der Waals surface area contributed by atoms with Gasteiger partial charge in [0.1, 0.15) is 17.9 Å². The number of nitrogens with one attached hydrogen (secondary N) is 2. The van der Waals surface area contributed by atoms with Gasteiger partial charge < -0.3 is 14.8 Å². The van der Waals surface area contributed by atoms with E-state index in [2.05, 4.69) is 10.7 Å². The summed E-state index contributed by atoms with van der Waals surface area (Å²) >= 11 is 0. The summed E-state index contributed by atoms with van der Waals surface area (Å²) in [5.41, 5.74) is 2.72. The molecule has 2 atom stereocenters. The van der Waals surface area contributed by atoms with Crippen LogP contribution in [-0.2, 0) is 16.0 Å². The molecule has 32 heavy (non-hydrogen) atoms. The summed E-state index contributed by atoms with van der Waals surface area (Å²) in [7, 11) is 0. The fourth-order valence-electron chi connectivity index (χ4n) is 3.83. The lowest BCUT2D eigenvalue weighted by Crippen LogP contribution is -2.48. The highest BCUT2D eigenvalue weighted by molar-refractivity contribution is 6.09. The van der Waals surface area contributed by atoms with Gasteiger partial charge in [0.25, 0.3) is 11.8 Å². The minimum absolute atomic E-state index is 0.105. The fraction of sp³-hybridized carbons (Fsp3) is 0.375. The number of hydrazine groups is 1. The van der Waals surface area contributed by atoms with Crippen molar-refractivity contribution in [1.82, 2.24) is 15.8 Å². The van der Waals surface area contributed by atoms with E-state index in [9.17, 15) is 14.4 Å². The van der Waals surface area contributed by atoms with E-state index in [1.165, 1.54) is 0 Å². The number of aryl methyl sites for hydroxylation is 1. The first kappa shape index (κ1) is 21.8. The highest BCUT2D eigenvalue weighted by Crippen LogP contribution is 2.23. The van der Waals surface area contributed by atoms with E-state index in [4.69, 9.17) is 9.47 Å². The molecule has 2 N–H and O–H groups in total. The van der Waals surface area contributed by atoms with Crippen LogP contribution in [0.5, 0.6) is 5.75 Å². The molecule has 8 nitrogen and oxygen atoms in total. The van der Waals surface area contributed by atoms with Crippen LogP contribution >= 0.6 is 0 Å². The minimum Gasteiger partial charge on any atom is -0.491 e. The van der Waals surface area contributed by atoms with E-state index in [1.807, 2.05) is 30.3 Å². The van der Waals surface area contributed by atoms with Crippen LogP contribution in [0.3, 0.4) is 0 Å². The van der Waals surface area contributed by atoms with Crippen molar-refractivity contribution in [2.45, 2.75) is 44.2 Å². The third-order valence-corrected chi connectivity index (χ3v) is 5.81. The summed E-state index contributed by atoms with van der Waals surface area (Å²) < 4.78 is 11.2. The molecule has 2 heterocycles. The van der Waals surface area contributed by atoms with Crippen molar-refractivity contribution in [3.63, 3.8) is 0 Å². The third-order valence-electron chi connectivity index (χ3n) is 5.81. The molecule has 0 saturated carbocycles. The smallest absolute Gasteiger partial charge is 0.344 e. The van der Waals surface area contributed by atoms with E-state index in [1.54, 1.807) is 31.2 Å². The zero-order valence-corrected chi connectivity index (χ0v) is 18.0. The number of carbonyl (C=O) groups is 3. The summed E-state index contributed by atoms with van der Waals surface area (Å²) in [6.07, 6.45) is 3.18. The molecule has 2 saturated heterocycles. The summed E-state index contributed by atoms with van der Waals surface area (Å²) in [6, 6.07) is 15.6. The molecule has 168 valence electrons. The molecule has 4 rings (SSSR count). The molecule has 0 spiro atoms. The maximum atomic E-state index is 12.9. The Bertz CT molecular complexity index is 973. The van der Waals surface area contributed by atoms with Gasteiger partial charge >= 0.3 is 6.03 Å². The van der Waals surface area contributed by atoms with Crippen molar-refractivity contribution in [1.29, 1.82) is 0 Å². The van der Waals surface area contributed by atoms with Gasteiger partial charge in [0, 0.05) is 12.2 Å². The number of ether oxygens (including phenoxy) is 2. The number of hydrogen-bond donors (Lipinski definition) is 2. The molecule has 0 bridgehead atoms. The first-order chi connectivity index (χ1) is 15.4. The van der Waals surface area contributed by atoms with Crippen LogP contribution in [-0.4, -0.2) is 47.7 Å². The van der Waals surface area contributed by atoms with E-state index in [0.29, 0.717) is 30.8 Å². The summed E-state index contributed by atoms with van der Waals surface area (Å²) in [4.78, 5) is 37.9. The first-order valence-corrected chi connectivity index (χ1v) is 10.8. The Kier molecular flexibility index (Phi) is 6.41. The van der Waals surface area contributed by atoms with Crippen LogP contribution < -0.4 is 15.5 Å². The van der Waals surface area contributed by atoms with E-state index >= 15 is 0 Å². The lowest BCUT2D eigenvalue weighted by atomic mass is 9.93. The number of amides is 4. The van der Waals surface area contributed by atoms with Crippen molar-refractivity contribution in [2.75, 3.05) is 13.2 Å². The van der Waals surface area contributed by atoms with Crippen molar-refractivity contribution >= 4 is 17.8 Å². The molecule has 0 aliphatic carbocycles. The SMILES string of the molecule is C[C@@]1(CCc2ccccc2)NC(=O)N(NC(=O)c2ccc(OC[C@H]3CCCO3)cc2)C1=O. The minimum atomic E-state index is -1.08. The quantitative estimate of drug-likeness (QED) is 0.619. The van der Waals surface area contributed by atoms with Gasteiger partial charge in [-0.2, -0.15) is 5.01 Å². The van der Waals surface area contributed by atoms with Crippen molar-refractivity contribution in [2.24, 2.45) is 0 Å². The van der Waals surface area contributed by atoms with Gasteiger partial charge in [-0.15, -0.1) is 0 Å². The molecule has 2 aliphatic heterocycles. The second-order valence-electron chi connectivity index (χ2n) is 8.30. The molecule has 2 fully saturated rings. The van der Waals surface area contributed by atoms with Crippen LogP contribution in [0.1, 0.15) is 42.1 Å². The summed E-state index contributed by atoms with van der Waals surface area (Å²) in [5.74, 6) is -0.407. The van der Waals surface area contributed by atoms with Crippen molar-refractivity contribution < 1.29 is 23.9 Å². The zero-order valence-electron chi connectivity index (χ0n) is 18.0. The van der Waals surface area contributed by atoms with Crippen LogP contribution in [0.2, 0.25) is 0 Å². The highest BCUT2D eigenvalue weighted by Gasteiger charge is 2.48. The van der Waals surface area contributed by atoms with Gasteiger partial charge in [-0.3, -0.25) is 15.0 Å². The summed E-state index contributed by atoms with van der Waals surface area (Å²) in [5, 5.41) is 3.46. The molecule has 0 unspecified atom stereocenters. The molecule has 0 aromatic heterocycles. The number of benzene rings is 2. The number of rotatable bonds is 8. The molecular weight excluding hydrogens is 410 g/mol. The van der Waals surface area contributed by atoms with Crippen molar-refractivity contribution in [3.05, 3.63) is 65.7 Å². The molecule has 4 amide bonds. The number of urea groups is 1. The van der Waals surface area contributed by atoms with Gasteiger partial charge in [0.05, 0.1) is 6.10 Å². The van der Waals surface area contributed by atoms with Crippen LogP contribution in [0.25, 0.3) is 0 Å². The van der Waals surface area contributed by atoms with Gasteiger partial charge in [-0.1, -0.05) is 30.3 Å². The predicted molar refractivity (Wildman–Crippen MR) is 117 cm³/mol. The van der Waals surface area contributed by atoms with E-state index in [-0.39, 0.29) is 6.10 Å². The van der Waals surface area contributed by atoms with Gasteiger partial charge in [-0.05, 0) is 62.4 Å². The number of nitrogens with zero attached hydrogens (tertiary/aromatic N) is 1. The second kappa shape index (κ2) is 9.40. The molecular formula is C24H27N3O5. The van der Waals surface area contributed by atoms with Crippen LogP contribution in [0.4, 0.5) is 4.79 Å².